The number of rotatable bonds is 6. The maximum Gasteiger partial charge on any atom is 0.338 e. The second kappa shape index (κ2) is 11.0. The molecular formula is C28H28N4O6S. The Balaban J connectivity index is 1.71. The number of ether oxygens (including phenoxy) is 2. The molecule has 1 saturated heterocycles. The SMILES string of the molecule is CCOC(=O)C1=C(C)N=c2s/c(=C/c3cc([N+](=O)[O-])ccc3N3CCOCC3)c(=O)n2[C@@H]1c1ccc(C)cc1. The van der Waals surface area contributed by atoms with Crippen LogP contribution in [0.15, 0.2) is 63.5 Å². The van der Waals surface area contributed by atoms with Crippen LogP contribution in [0.25, 0.3) is 6.08 Å². The molecule has 2 aromatic carbocycles. The first-order chi connectivity index (χ1) is 18.8. The van der Waals surface area contributed by atoms with Gasteiger partial charge in [-0.15, -0.1) is 0 Å². The number of aromatic nitrogens is 1. The Morgan fingerprint density at radius 2 is 1.92 bits per heavy atom. The van der Waals surface area contributed by atoms with Gasteiger partial charge in [-0.1, -0.05) is 41.2 Å². The van der Waals surface area contributed by atoms with Crippen LogP contribution in [0, 0.1) is 17.0 Å². The molecule has 10 nitrogen and oxygen atoms in total. The predicted molar refractivity (Wildman–Crippen MR) is 148 cm³/mol. The number of anilines is 1. The normalized spacial score (nSPS) is 17.6. The van der Waals surface area contributed by atoms with Crippen LogP contribution in [0.4, 0.5) is 11.4 Å². The van der Waals surface area contributed by atoms with Crippen LogP contribution in [0.2, 0.25) is 0 Å². The van der Waals surface area contributed by atoms with Gasteiger partial charge in [-0.25, -0.2) is 9.79 Å². The number of nitro groups is 1. The molecule has 0 aliphatic carbocycles. The molecule has 0 N–H and O–H groups in total. The second-order valence-electron chi connectivity index (χ2n) is 9.31. The van der Waals surface area contributed by atoms with Crippen LogP contribution < -0.4 is 19.8 Å². The van der Waals surface area contributed by atoms with E-state index in [9.17, 15) is 19.7 Å². The summed E-state index contributed by atoms with van der Waals surface area (Å²) < 4.78 is 12.7. The van der Waals surface area contributed by atoms with E-state index in [1.54, 1.807) is 26.0 Å². The van der Waals surface area contributed by atoms with Gasteiger partial charge in [0.15, 0.2) is 4.80 Å². The van der Waals surface area contributed by atoms with Crippen LogP contribution in [-0.2, 0) is 14.3 Å². The number of fused-ring (bicyclic) bond motifs is 1. The Labute approximate surface area is 228 Å². The molecule has 3 heterocycles. The third-order valence-corrected chi connectivity index (χ3v) is 7.75. The summed E-state index contributed by atoms with van der Waals surface area (Å²) >= 11 is 1.19. The number of esters is 1. The van der Waals surface area contributed by atoms with Gasteiger partial charge in [0.1, 0.15) is 0 Å². The molecule has 39 heavy (non-hydrogen) atoms. The van der Waals surface area contributed by atoms with Crippen molar-refractivity contribution < 1.29 is 19.2 Å². The lowest BCUT2D eigenvalue weighted by Gasteiger charge is -2.30. The molecule has 0 radical (unpaired) electrons. The van der Waals surface area contributed by atoms with Gasteiger partial charge in [0.25, 0.3) is 11.2 Å². The number of aryl methyl sites for hydroxylation is 1. The molecule has 2 aliphatic rings. The Morgan fingerprint density at radius 3 is 2.59 bits per heavy atom. The van der Waals surface area contributed by atoms with Gasteiger partial charge in [0.2, 0.25) is 0 Å². The summed E-state index contributed by atoms with van der Waals surface area (Å²) in [6, 6.07) is 11.6. The molecule has 1 atom stereocenters. The smallest absolute Gasteiger partial charge is 0.338 e. The lowest BCUT2D eigenvalue weighted by molar-refractivity contribution is -0.384. The van der Waals surface area contributed by atoms with E-state index in [1.165, 1.54) is 28.0 Å². The Bertz CT molecular complexity index is 1650. The topological polar surface area (TPSA) is 116 Å². The summed E-state index contributed by atoms with van der Waals surface area (Å²) in [6.07, 6.45) is 1.68. The molecule has 0 unspecified atom stereocenters. The van der Waals surface area contributed by atoms with Crippen molar-refractivity contribution in [2.45, 2.75) is 26.8 Å². The molecule has 1 fully saturated rings. The van der Waals surface area contributed by atoms with E-state index in [2.05, 4.69) is 9.89 Å². The van der Waals surface area contributed by atoms with Crippen LogP contribution >= 0.6 is 11.3 Å². The minimum atomic E-state index is -0.716. The van der Waals surface area contributed by atoms with E-state index in [1.807, 2.05) is 31.2 Å². The minimum absolute atomic E-state index is 0.0657. The monoisotopic (exact) mass is 548 g/mol. The van der Waals surface area contributed by atoms with Gasteiger partial charge in [-0.3, -0.25) is 19.5 Å². The zero-order valence-electron chi connectivity index (χ0n) is 21.9. The summed E-state index contributed by atoms with van der Waals surface area (Å²) in [6.45, 7) is 7.99. The molecule has 11 heteroatoms. The Hall–Kier alpha value is -4.09. The Kier molecular flexibility index (Phi) is 7.45. The van der Waals surface area contributed by atoms with E-state index in [4.69, 9.17) is 9.47 Å². The van der Waals surface area contributed by atoms with Crippen molar-refractivity contribution in [1.82, 2.24) is 4.57 Å². The zero-order chi connectivity index (χ0) is 27.7. The highest BCUT2D eigenvalue weighted by Crippen LogP contribution is 2.31. The van der Waals surface area contributed by atoms with Crippen molar-refractivity contribution in [1.29, 1.82) is 0 Å². The van der Waals surface area contributed by atoms with Gasteiger partial charge in [-0.05, 0) is 38.5 Å². The number of thiazole rings is 1. The zero-order valence-corrected chi connectivity index (χ0v) is 22.7. The van der Waals surface area contributed by atoms with Crippen molar-refractivity contribution in [3.8, 4) is 0 Å². The molecule has 0 amide bonds. The maximum absolute atomic E-state index is 13.9. The van der Waals surface area contributed by atoms with Crippen molar-refractivity contribution >= 4 is 34.8 Å². The van der Waals surface area contributed by atoms with E-state index in [-0.39, 0.29) is 17.9 Å². The number of benzene rings is 2. The highest BCUT2D eigenvalue weighted by molar-refractivity contribution is 7.07. The fraction of sp³-hybridized carbons (Fsp3) is 0.321. The second-order valence-corrected chi connectivity index (χ2v) is 10.3. The van der Waals surface area contributed by atoms with Crippen LogP contribution in [0.5, 0.6) is 0 Å². The third-order valence-electron chi connectivity index (χ3n) is 6.77. The fourth-order valence-electron chi connectivity index (χ4n) is 4.86. The predicted octanol–water partition coefficient (Wildman–Crippen LogP) is 2.85. The first kappa shape index (κ1) is 26.5. The number of carbonyl (C=O) groups is 1. The van der Waals surface area contributed by atoms with E-state index >= 15 is 0 Å². The van der Waals surface area contributed by atoms with Crippen LogP contribution in [-0.4, -0.2) is 48.4 Å². The van der Waals surface area contributed by atoms with Crippen molar-refractivity contribution in [2.75, 3.05) is 37.8 Å². The number of non-ortho nitro benzene ring substituents is 1. The van der Waals surface area contributed by atoms with Gasteiger partial charge >= 0.3 is 5.97 Å². The number of morpholine rings is 1. The standard InChI is InChI=1S/C28H28N4O6S/c1-4-38-27(34)24-18(3)29-28-31(25(24)19-7-5-17(2)6-8-19)26(33)23(39-28)16-20-15-21(32(35)36)9-10-22(20)30-11-13-37-14-12-30/h5-10,15-16,25H,4,11-14H2,1-3H3/b23-16+/t25-/m1/s1. The lowest BCUT2D eigenvalue weighted by Crippen LogP contribution is -2.40. The molecule has 5 rings (SSSR count). The first-order valence-electron chi connectivity index (χ1n) is 12.7. The molecule has 0 saturated carbocycles. The van der Waals surface area contributed by atoms with Gasteiger partial charge < -0.3 is 14.4 Å². The largest absolute Gasteiger partial charge is 0.463 e. The first-order valence-corrected chi connectivity index (χ1v) is 13.5. The lowest BCUT2D eigenvalue weighted by atomic mass is 9.95. The number of hydrogen-bond donors (Lipinski definition) is 0. The van der Waals surface area contributed by atoms with Crippen LogP contribution in [0.1, 0.15) is 36.6 Å². The Morgan fingerprint density at radius 1 is 1.21 bits per heavy atom. The van der Waals surface area contributed by atoms with Gasteiger partial charge in [0.05, 0.1) is 46.6 Å². The number of allylic oxidation sites excluding steroid dienone is 1. The number of carbonyl (C=O) groups excluding carboxylic acids is 1. The molecule has 0 bridgehead atoms. The number of nitro benzene ring substituents is 1. The minimum Gasteiger partial charge on any atom is -0.463 e. The summed E-state index contributed by atoms with van der Waals surface area (Å²) in [7, 11) is 0. The van der Waals surface area contributed by atoms with Crippen molar-refractivity contribution in [3.05, 3.63) is 100 Å². The summed E-state index contributed by atoms with van der Waals surface area (Å²) in [5.41, 5.74) is 3.54. The molecule has 1 aromatic heterocycles. The number of hydrogen-bond acceptors (Lipinski definition) is 9. The molecule has 0 spiro atoms. The maximum atomic E-state index is 13.9. The highest BCUT2D eigenvalue weighted by atomic mass is 32.1. The summed E-state index contributed by atoms with van der Waals surface area (Å²) in [5, 5.41) is 11.6. The quantitative estimate of drug-likeness (QED) is 0.264. The summed E-state index contributed by atoms with van der Waals surface area (Å²) in [4.78, 5) is 45.3. The van der Waals surface area contributed by atoms with Crippen LogP contribution in [0.3, 0.4) is 0 Å². The van der Waals surface area contributed by atoms with Gasteiger partial charge in [-0.2, -0.15) is 0 Å². The molecular weight excluding hydrogens is 520 g/mol. The highest BCUT2D eigenvalue weighted by Gasteiger charge is 2.33. The average Bonchev–Trinajstić information content (AvgIpc) is 3.23. The number of nitrogens with zero attached hydrogens (tertiary/aromatic N) is 4. The molecule has 202 valence electrons. The third kappa shape index (κ3) is 5.15. The summed E-state index contributed by atoms with van der Waals surface area (Å²) in [5.74, 6) is -0.521. The van der Waals surface area contributed by atoms with E-state index in [0.717, 1.165) is 16.8 Å². The molecule has 2 aliphatic heterocycles. The van der Waals surface area contributed by atoms with Crippen molar-refractivity contribution in [3.63, 3.8) is 0 Å². The van der Waals surface area contributed by atoms with E-state index in [0.29, 0.717) is 52.5 Å². The average molecular weight is 549 g/mol. The van der Waals surface area contributed by atoms with Crippen molar-refractivity contribution in [2.24, 2.45) is 4.99 Å². The molecule has 3 aromatic rings. The van der Waals surface area contributed by atoms with E-state index < -0.39 is 16.9 Å². The van der Waals surface area contributed by atoms with Gasteiger partial charge in [0, 0.05) is 36.5 Å². The fourth-order valence-corrected chi connectivity index (χ4v) is 5.90.